The molecular formula is C21H23N3OS. The Morgan fingerprint density at radius 1 is 1.12 bits per heavy atom. The zero-order valence-electron chi connectivity index (χ0n) is 15.6. The van der Waals surface area contributed by atoms with E-state index < -0.39 is 0 Å². The SMILES string of the molecule is Cc1ccc(/C=N\N=C2\S[C@H](C)C(=O)N2Cc2ccccc2C)c(C)c1. The lowest BCUT2D eigenvalue weighted by Crippen LogP contribution is -2.31. The van der Waals surface area contributed by atoms with Crippen LogP contribution in [0.3, 0.4) is 0 Å². The lowest BCUT2D eigenvalue weighted by atomic mass is 10.1. The Morgan fingerprint density at radius 2 is 1.88 bits per heavy atom. The summed E-state index contributed by atoms with van der Waals surface area (Å²) in [5.41, 5.74) is 5.72. The van der Waals surface area contributed by atoms with Gasteiger partial charge in [0.2, 0.25) is 5.91 Å². The summed E-state index contributed by atoms with van der Waals surface area (Å²) in [6.07, 6.45) is 1.75. The van der Waals surface area contributed by atoms with E-state index in [1.807, 2.05) is 31.2 Å². The first-order valence-corrected chi connectivity index (χ1v) is 9.54. The van der Waals surface area contributed by atoms with E-state index in [1.165, 1.54) is 22.9 Å². The van der Waals surface area contributed by atoms with E-state index in [-0.39, 0.29) is 11.2 Å². The molecule has 0 saturated carbocycles. The van der Waals surface area contributed by atoms with Crippen LogP contribution in [0.1, 0.15) is 34.7 Å². The van der Waals surface area contributed by atoms with Crippen molar-refractivity contribution in [1.82, 2.24) is 4.90 Å². The molecule has 0 unspecified atom stereocenters. The first kappa shape index (κ1) is 18.4. The van der Waals surface area contributed by atoms with Gasteiger partial charge in [0.05, 0.1) is 18.0 Å². The molecule has 1 amide bonds. The van der Waals surface area contributed by atoms with Gasteiger partial charge in [-0.2, -0.15) is 5.10 Å². The molecule has 3 rings (SSSR count). The van der Waals surface area contributed by atoms with Gasteiger partial charge >= 0.3 is 0 Å². The summed E-state index contributed by atoms with van der Waals surface area (Å²) in [5.74, 6) is 0.0821. The lowest BCUT2D eigenvalue weighted by molar-refractivity contribution is -0.126. The van der Waals surface area contributed by atoms with Gasteiger partial charge in [-0.15, -0.1) is 5.10 Å². The molecular weight excluding hydrogens is 342 g/mol. The van der Waals surface area contributed by atoms with Crippen molar-refractivity contribution in [3.63, 3.8) is 0 Å². The normalized spacial score (nSPS) is 19.1. The number of rotatable bonds is 4. The highest BCUT2D eigenvalue weighted by Crippen LogP contribution is 2.29. The maximum Gasteiger partial charge on any atom is 0.242 e. The van der Waals surface area contributed by atoms with Gasteiger partial charge in [-0.25, -0.2) is 0 Å². The van der Waals surface area contributed by atoms with Crippen LogP contribution in [0.5, 0.6) is 0 Å². The standard InChI is InChI=1S/C21H23N3OS/c1-14-9-10-18(16(3)11-14)12-22-23-21-24(20(25)17(4)26-21)13-19-8-6-5-7-15(19)2/h5-12,17H,13H2,1-4H3/b22-12-,23-21+/t17-/m1/s1. The maximum atomic E-state index is 12.5. The Balaban J connectivity index is 1.82. The molecule has 1 saturated heterocycles. The van der Waals surface area contributed by atoms with Crippen LogP contribution in [0.25, 0.3) is 0 Å². The fourth-order valence-corrected chi connectivity index (χ4v) is 3.80. The Bertz CT molecular complexity index is 889. The summed E-state index contributed by atoms with van der Waals surface area (Å²) < 4.78 is 0. The van der Waals surface area contributed by atoms with Gasteiger partial charge in [0.25, 0.3) is 0 Å². The van der Waals surface area contributed by atoms with Crippen molar-refractivity contribution in [1.29, 1.82) is 0 Å². The van der Waals surface area contributed by atoms with Gasteiger partial charge in [0, 0.05) is 0 Å². The van der Waals surface area contributed by atoms with Crippen LogP contribution in [0.4, 0.5) is 0 Å². The molecule has 2 aromatic rings. The van der Waals surface area contributed by atoms with Crippen molar-refractivity contribution < 1.29 is 4.79 Å². The molecule has 0 aliphatic carbocycles. The summed E-state index contributed by atoms with van der Waals surface area (Å²) in [5, 5.41) is 9.12. The quantitative estimate of drug-likeness (QED) is 0.593. The number of carbonyl (C=O) groups excluding carboxylic acids is 1. The molecule has 2 aromatic carbocycles. The number of nitrogens with zero attached hydrogens (tertiary/aromatic N) is 3. The number of carbonyl (C=O) groups is 1. The third-order valence-corrected chi connectivity index (χ3v) is 5.55. The molecule has 1 aliphatic rings. The van der Waals surface area contributed by atoms with Crippen molar-refractivity contribution in [2.75, 3.05) is 0 Å². The second-order valence-corrected chi connectivity index (χ2v) is 7.91. The van der Waals surface area contributed by atoms with Gasteiger partial charge in [0.15, 0.2) is 5.17 Å². The fraction of sp³-hybridized carbons (Fsp3) is 0.286. The highest BCUT2D eigenvalue weighted by Gasteiger charge is 2.35. The van der Waals surface area contributed by atoms with Crippen molar-refractivity contribution in [3.8, 4) is 0 Å². The fourth-order valence-electron chi connectivity index (χ4n) is 2.88. The minimum absolute atomic E-state index is 0.0821. The van der Waals surface area contributed by atoms with Crippen LogP contribution in [0.15, 0.2) is 52.7 Å². The van der Waals surface area contributed by atoms with Crippen LogP contribution in [-0.4, -0.2) is 27.4 Å². The second kappa shape index (κ2) is 7.87. The zero-order valence-corrected chi connectivity index (χ0v) is 16.4. The van der Waals surface area contributed by atoms with Crippen molar-refractivity contribution in [3.05, 3.63) is 70.3 Å². The van der Waals surface area contributed by atoms with Gasteiger partial charge in [0.1, 0.15) is 0 Å². The molecule has 26 heavy (non-hydrogen) atoms. The van der Waals surface area contributed by atoms with Gasteiger partial charge in [-0.1, -0.05) is 59.8 Å². The van der Waals surface area contributed by atoms with Gasteiger partial charge < -0.3 is 0 Å². The van der Waals surface area contributed by atoms with Crippen LogP contribution in [0.2, 0.25) is 0 Å². The number of benzene rings is 2. The largest absolute Gasteiger partial charge is 0.284 e. The molecule has 1 heterocycles. The van der Waals surface area contributed by atoms with Crippen molar-refractivity contribution in [2.24, 2.45) is 10.2 Å². The number of thioether (sulfide) groups is 1. The van der Waals surface area contributed by atoms with Crippen LogP contribution in [0, 0.1) is 20.8 Å². The van der Waals surface area contributed by atoms with E-state index in [2.05, 4.69) is 49.2 Å². The summed E-state index contributed by atoms with van der Waals surface area (Å²) in [4.78, 5) is 14.3. The summed E-state index contributed by atoms with van der Waals surface area (Å²) >= 11 is 1.46. The molecule has 1 aliphatic heterocycles. The third kappa shape index (κ3) is 4.05. The maximum absolute atomic E-state index is 12.5. The van der Waals surface area contributed by atoms with Crippen LogP contribution < -0.4 is 0 Å². The van der Waals surface area contributed by atoms with Gasteiger partial charge in [-0.3, -0.25) is 9.69 Å². The smallest absolute Gasteiger partial charge is 0.242 e. The second-order valence-electron chi connectivity index (χ2n) is 6.60. The molecule has 0 aromatic heterocycles. The lowest BCUT2D eigenvalue weighted by Gasteiger charge is -2.16. The number of hydrogen-bond acceptors (Lipinski definition) is 4. The molecule has 134 valence electrons. The first-order chi connectivity index (χ1) is 12.5. The molecule has 1 fully saturated rings. The summed E-state index contributed by atoms with van der Waals surface area (Å²) in [6, 6.07) is 14.3. The highest BCUT2D eigenvalue weighted by molar-refractivity contribution is 8.15. The molecule has 0 radical (unpaired) electrons. The Labute approximate surface area is 159 Å². The summed E-state index contributed by atoms with van der Waals surface area (Å²) in [6.45, 7) is 8.62. The van der Waals surface area contributed by atoms with Crippen molar-refractivity contribution in [2.45, 2.75) is 39.5 Å². The molecule has 1 atom stereocenters. The molecule has 0 N–H and O–H groups in total. The molecule has 5 heteroatoms. The number of amidine groups is 1. The minimum atomic E-state index is -0.130. The van der Waals surface area contributed by atoms with E-state index in [1.54, 1.807) is 11.1 Å². The monoisotopic (exact) mass is 365 g/mol. The van der Waals surface area contributed by atoms with E-state index in [0.29, 0.717) is 11.7 Å². The van der Waals surface area contributed by atoms with E-state index in [4.69, 9.17) is 0 Å². The molecule has 4 nitrogen and oxygen atoms in total. The van der Waals surface area contributed by atoms with Crippen LogP contribution >= 0.6 is 11.8 Å². The van der Waals surface area contributed by atoms with Gasteiger partial charge in [-0.05, 0) is 49.9 Å². The highest BCUT2D eigenvalue weighted by atomic mass is 32.2. The number of amides is 1. The zero-order chi connectivity index (χ0) is 18.7. The van der Waals surface area contributed by atoms with E-state index >= 15 is 0 Å². The molecule has 0 bridgehead atoms. The number of hydrogen-bond donors (Lipinski definition) is 0. The Kier molecular flexibility index (Phi) is 5.57. The average molecular weight is 366 g/mol. The molecule has 0 spiro atoms. The Morgan fingerprint density at radius 3 is 2.62 bits per heavy atom. The Hall–Kier alpha value is -2.40. The number of aryl methyl sites for hydroxylation is 3. The van der Waals surface area contributed by atoms with Crippen molar-refractivity contribution >= 4 is 29.1 Å². The topological polar surface area (TPSA) is 45.0 Å². The summed E-state index contributed by atoms with van der Waals surface area (Å²) in [7, 11) is 0. The third-order valence-electron chi connectivity index (χ3n) is 4.48. The van der Waals surface area contributed by atoms with Crippen LogP contribution in [-0.2, 0) is 11.3 Å². The predicted molar refractivity (Wildman–Crippen MR) is 110 cm³/mol. The minimum Gasteiger partial charge on any atom is -0.284 e. The predicted octanol–water partition coefficient (Wildman–Crippen LogP) is 4.47. The van der Waals surface area contributed by atoms with E-state index in [0.717, 1.165) is 16.7 Å². The first-order valence-electron chi connectivity index (χ1n) is 8.66. The van der Waals surface area contributed by atoms with E-state index in [9.17, 15) is 4.79 Å². The average Bonchev–Trinajstić information content (AvgIpc) is 2.86.